The molecule has 0 bridgehead atoms. The van der Waals surface area contributed by atoms with Crippen LogP contribution in [0.25, 0.3) is 0 Å². The van der Waals surface area contributed by atoms with Gasteiger partial charge in [-0.25, -0.2) is 4.98 Å². The van der Waals surface area contributed by atoms with Crippen LogP contribution in [-0.4, -0.2) is 16.0 Å². The summed E-state index contributed by atoms with van der Waals surface area (Å²) in [4.78, 5) is 4.10. The molecule has 0 saturated heterocycles. The fourth-order valence-corrected chi connectivity index (χ4v) is 1.27. The van der Waals surface area contributed by atoms with Gasteiger partial charge in [-0.3, -0.25) is 0 Å². The molecule has 0 fully saturated rings. The zero-order valence-corrected chi connectivity index (χ0v) is 8.95. The van der Waals surface area contributed by atoms with Gasteiger partial charge in [0.25, 0.3) is 0 Å². The number of rotatable bonds is 3. The molecule has 0 aliphatic heterocycles. The number of ether oxygens (including phenoxy) is 1. The first-order chi connectivity index (χ1) is 8.29. The molecule has 0 saturated carbocycles. The lowest BCUT2D eigenvalue weighted by Gasteiger charge is -2.05. The first-order valence-electron chi connectivity index (χ1n) is 4.97. The van der Waals surface area contributed by atoms with E-state index >= 15 is 0 Å². The van der Waals surface area contributed by atoms with Crippen molar-refractivity contribution in [2.24, 2.45) is 10.9 Å². The molecule has 2 aromatic rings. The third-order valence-electron chi connectivity index (χ3n) is 2.06. The van der Waals surface area contributed by atoms with E-state index < -0.39 is 0 Å². The average molecular weight is 229 g/mol. The molecule has 0 radical (unpaired) electrons. The third kappa shape index (κ3) is 2.72. The zero-order valence-electron chi connectivity index (χ0n) is 8.95. The van der Waals surface area contributed by atoms with Crippen LogP contribution in [0.1, 0.15) is 5.69 Å². The van der Waals surface area contributed by atoms with Crippen LogP contribution < -0.4 is 10.5 Å². The van der Waals surface area contributed by atoms with Gasteiger partial charge in [0.05, 0.1) is 0 Å². The quantitative estimate of drug-likeness (QED) is 0.365. The molecule has 0 spiro atoms. The van der Waals surface area contributed by atoms with Gasteiger partial charge in [-0.1, -0.05) is 29.4 Å². The van der Waals surface area contributed by atoms with E-state index in [1.165, 1.54) is 0 Å². The van der Waals surface area contributed by atoms with Gasteiger partial charge >= 0.3 is 0 Å². The van der Waals surface area contributed by atoms with E-state index in [1.807, 2.05) is 30.3 Å². The molecule has 1 heterocycles. The minimum Gasteiger partial charge on any atom is -0.439 e. The second-order valence-electron chi connectivity index (χ2n) is 3.26. The average Bonchev–Trinajstić information content (AvgIpc) is 2.39. The Morgan fingerprint density at radius 2 is 1.88 bits per heavy atom. The number of oxime groups is 1. The molecule has 5 heteroatoms. The van der Waals surface area contributed by atoms with Crippen molar-refractivity contribution in [1.29, 1.82) is 0 Å². The highest BCUT2D eigenvalue weighted by Gasteiger charge is 2.03. The summed E-state index contributed by atoms with van der Waals surface area (Å²) in [5, 5.41) is 11.4. The van der Waals surface area contributed by atoms with Gasteiger partial charge < -0.3 is 15.7 Å². The minimum atomic E-state index is -0.0523. The van der Waals surface area contributed by atoms with Crippen molar-refractivity contribution in [1.82, 2.24) is 4.98 Å². The normalized spacial score (nSPS) is 11.2. The largest absolute Gasteiger partial charge is 0.439 e. The van der Waals surface area contributed by atoms with E-state index in [-0.39, 0.29) is 5.84 Å². The monoisotopic (exact) mass is 229 g/mol. The summed E-state index contributed by atoms with van der Waals surface area (Å²) < 4.78 is 5.51. The highest BCUT2D eigenvalue weighted by Crippen LogP contribution is 2.18. The Kier molecular flexibility index (Phi) is 3.20. The molecule has 5 nitrogen and oxygen atoms in total. The molecule has 0 aliphatic rings. The van der Waals surface area contributed by atoms with E-state index in [1.54, 1.807) is 18.2 Å². The zero-order chi connectivity index (χ0) is 12.1. The molecule has 0 aliphatic carbocycles. The van der Waals surface area contributed by atoms with Crippen molar-refractivity contribution >= 4 is 5.84 Å². The van der Waals surface area contributed by atoms with Gasteiger partial charge in [0.1, 0.15) is 11.4 Å². The van der Waals surface area contributed by atoms with Gasteiger partial charge in [0, 0.05) is 6.07 Å². The first-order valence-corrected chi connectivity index (χ1v) is 4.97. The maximum Gasteiger partial charge on any atom is 0.219 e. The number of benzene rings is 1. The Hall–Kier alpha value is -2.56. The Balaban J connectivity index is 2.23. The Bertz CT molecular complexity index is 526. The smallest absolute Gasteiger partial charge is 0.219 e. The van der Waals surface area contributed by atoms with Crippen LogP contribution in [0.4, 0.5) is 0 Å². The second-order valence-corrected chi connectivity index (χ2v) is 3.26. The van der Waals surface area contributed by atoms with Gasteiger partial charge in [0.15, 0.2) is 5.84 Å². The summed E-state index contributed by atoms with van der Waals surface area (Å²) in [5.74, 6) is 1.01. The number of hydrogen-bond donors (Lipinski definition) is 2. The SMILES string of the molecule is NC(=NO)c1cccc(Oc2ccccc2)n1. The number of amidine groups is 1. The minimum absolute atomic E-state index is 0.0523. The van der Waals surface area contributed by atoms with Crippen molar-refractivity contribution in [3.05, 3.63) is 54.2 Å². The van der Waals surface area contributed by atoms with Crippen LogP contribution in [-0.2, 0) is 0 Å². The molecule has 2 rings (SSSR count). The molecule has 0 unspecified atom stereocenters. The van der Waals surface area contributed by atoms with Gasteiger partial charge in [-0.05, 0) is 18.2 Å². The summed E-state index contributed by atoms with van der Waals surface area (Å²) in [6, 6.07) is 14.3. The summed E-state index contributed by atoms with van der Waals surface area (Å²) in [6.07, 6.45) is 0. The molecular formula is C12H11N3O2. The van der Waals surface area contributed by atoms with E-state index in [4.69, 9.17) is 15.7 Å². The lowest BCUT2D eigenvalue weighted by Crippen LogP contribution is -2.14. The Labute approximate surface area is 98.2 Å². The lowest BCUT2D eigenvalue weighted by molar-refractivity contribution is 0.318. The number of nitrogens with zero attached hydrogens (tertiary/aromatic N) is 2. The second kappa shape index (κ2) is 4.98. The van der Waals surface area contributed by atoms with E-state index in [0.717, 1.165) is 0 Å². The topological polar surface area (TPSA) is 80.7 Å². The number of para-hydroxylation sites is 1. The van der Waals surface area contributed by atoms with Crippen molar-refractivity contribution < 1.29 is 9.94 Å². The highest BCUT2D eigenvalue weighted by atomic mass is 16.5. The third-order valence-corrected chi connectivity index (χ3v) is 2.06. The molecule has 0 atom stereocenters. The predicted octanol–water partition coefficient (Wildman–Crippen LogP) is 1.97. The first kappa shape index (κ1) is 10.9. The van der Waals surface area contributed by atoms with Crippen molar-refractivity contribution in [2.75, 3.05) is 0 Å². The summed E-state index contributed by atoms with van der Waals surface area (Å²) >= 11 is 0. The van der Waals surface area contributed by atoms with Crippen LogP contribution in [0.2, 0.25) is 0 Å². The molecule has 0 amide bonds. The maximum atomic E-state index is 8.55. The summed E-state index contributed by atoms with van der Waals surface area (Å²) in [6.45, 7) is 0. The molecule has 17 heavy (non-hydrogen) atoms. The number of aromatic nitrogens is 1. The van der Waals surface area contributed by atoms with Crippen molar-refractivity contribution in [3.63, 3.8) is 0 Å². The van der Waals surface area contributed by atoms with Crippen molar-refractivity contribution in [2.45, 2.75) is 0 Å². The molecule has 3 N–H and O–H groups in total. The van der Waals surface area contributed by atoms with E-state index in [0.29, 0.717) is 17.3 Å². The fourth-order valence-electron chi connectivity index (χ4n) is 1.27. The molecule has 1 aromatic heterocycles. The fraction of sp³-hybridized carbons (Fsp3) is 0. The number of nitrogens with two attached hydrogens (primary N) is 1. The van der Waals surface area contributed by atoms with Gasteiger partial charge in [-0.2, -0.15) is 0 Å². The predicted molar refractivity (Wildman–Crippen MR) is 63.3 cm³/mol. The summed E-state index contributed by atoms with van der Waals surface area (Å²) in [7, 11) is 0. The number of hydrogen-bond acceptors (Lipinski definition) is 4. The van der Waals surface area contributed by atoms with Crippen LogP contribution in [0.3, 0.4) is 0 Å². The summed E-state index contributed by atoms with van der Waals surface area (Å²) in [5.41, 5.74) is 5.80. The standard InChI is InChI=1S/C12H11N3O2/c13-12(15-16)10-7-4-8-11(14-10)17-9-5-2-1-3-6-9/h1-8,16H,(H2,13,15). The van der Waals surface area contributed by atoms with E-state index in [9.17, 15) is 0 Å². The molecule has 86 valence electrons. The Morgan fingerprint density at radius 1 is 1.12 bits per heavy atom. The van der Waals surface area contributed by atoms with Gasteiger partial charge in [-0.15, -0.1) is 0 Å². The van der Waals surface area contributed by atoms with Crippen LogP contribution in [0.5, 0.6) is 11.6 Å². The Morgan fingerprint density at radius 3 is 2.59 bits per heavy atom. The molecule has 1 aromatic carbocycles. The lowest BCUT2D eigenvalue weighted by atomic mass is 10.3. The maximum absolute atomic E-state index is 8.55. The van der Waals surface area contributed by atoms with E-state index in [2.05, 4.69) is 10.1 Å². The van der Waals surface area contributed by atoms with Crippen molar-refractivity contribution in [3.8, 4) is 11.6 Å². The highest BCUT2D eigenvalue weighted by molar-refractivity contribution is 5.95. The van der Waals surface area contributed by atoms with Gasteiger partial charge in [0.2, 0.25) is 5.88 Å². The van der Waals surface area contributed by atoms with Crippen LogP contribution in [0.15, 0.2) is 53.7 Å². The van der Waals surface area contributed by atoms with Crippen LogP contribution in [0, 0.1) is 0 Å². The van der Waals surface area contributed by atoms with Crippen LogP contribution >= 0.6 is 0 Å². The number of pyridine rings is 1. The molecular weight excluding hydrogens is 218 g/mol.